The lowest BCUT2D eigenvalue weighted by atomic mass is 10.0. The van der Waals surface area contributed by atoms with Crippen LogP contribution in [0.25, 0.3) is 0 Å². The van der Waals surface area contributed by atoms with Gasteiger partial charge in [-0.3, -0.25) is 9.78 Å². The van der Waals surface area contributed by atoms with Crippen molar-refractivity contribution < 1.29 is 4.79 Å². The summed E-state index contributed by atoms with van der Waals surface area (Å²) in [6, 6.07) is 20.2. The van der Waals surface area contributed by atoms with Crippen LogP contribution in [0.3, 0.4) is 0 Å². The highest BCUT2D eigenvalue weighted by molar-refractivity contribution is 6.06. The Hall–Kier alpha value is -3.14. The van der Waals surface area contributed by atoms with Gasteiger partial charge in [-0.2, -0.15) is 0 Å². The van der Waals surface area contributed by atoms with Crippen molar-refractivity contribution in [2.45, 2.75) is 19.8 Å². The number of benzene rings is 2. The van der Waals surface area contributed by atoms with Crippen molar-refractivity contribution in [3.63, 3.8) is 0 Å². The van der Waals surface area contributed by atoms with Crippen LogP contribution < -0.4 is 9.80 Å². The van der Waals surface area contributed by atoms with Crippen LogP contribution >= 0.6 is 0 Å². The minimum atomic E-state index is -0.0247. The lowest BCUT2D eigenvalue weighted by molar-refractivity contribution is 0.0988. The maximum absolute atomic E-state index is 13.1. The highest BCUT2D eigenvalue weighted by Gasteiger charge is 2.21. The van der Waals surface area contributed by atoms with Crippen molar-refractivity contribution >= 4 is 23.0 Å². The number of rotatable bonds is 4. The van der Waals surface area contributed by atoms with E-state index in [9.17, 15) is 4.79 Å². The molecule has 0 atom stereocenters. The third kappa shape index (κ3) is 3.43. The van der Waals surface area contributed by atoms with Crippen LogP contribution in [-0.4, -0.2) is 24.0 Å². The normalized spacial score (nSPS) is 13.1. The van der Waals surface area contributed by atoms with Gasteiger partial charge in [-0.15, -0.1) is 0 Å². The molecule has 0 N–H and O–H groups in total. The number of nitrogens with zero attached hydrogens (tertiary/aromatic N) is 3. The Balaban J connectivity index is 1.66. The quantitative estimate of drug-likeness (QED) is 0.671. The molecule has 0 bridgehead atoms. The van der Waals surface area contributed by atoms with E-state index in [0.29, 0.717) is 12.1 Å². The molecule has 1 aliphatic rings. The van der Waals surface area contributed by atoms with Crippen LogP contribution in [-0.2, 0) is 6.42 Å². The number of amides is 1. The molecule has 4 nitrogen and oxygen atoms in total. The molecular weight excluding hydrogens is 334 g/mol. The molecule has 4 heteroatoms. The first-order chi connectivity index (χ1) is 13.3. The van der Waals surface area contributed by atoms with Crippen molar-refractivity contribution in [3.05, 3.63) is 84.2 Å². The SMILES string of the molecule is CCN(C(=O)c1cncc(N2CCCc3ccccc32)c1)c1ccccc1. The first-order valence-corrected chi connectivity index (χ1v) is 9.45. The van der Waals surface area contributed by atoms with Gasteiger partial charge in [-0.25, -0.2) is 0 Å². The second kappa shape index (κ2) is 7.62. The van der Waals surface area contributed by atoms with E-state index in [1.165, 1.54) is 11.3 Å². The molecule has 1 aliphatic heterocycles. The first kappa shape index (κ1) is 17.3. The molecule has 0 aliphatic carbocycles. The Labute approximate surface area is 160 Å². The largest absolute Gasteiger partial charge is 0.340 e. The number of carbonyl (C=O) groups excluding carboxylic acids is 1. The van der Waals surface area contributed by atoms with Crippen LogP contribution in [0.1, 0.15) is 29.3 Å². The maximum atomic E-state index is 13.1. The van der Waals surface area contributed by atoms with Gasteiger partial charge in [0, 0.05) is 30.7 Å². The minimum absolute atomic E-state index is 0.0247. The van der Waals surface area contributed by atoms with Gasteiger partial charge in [0.2, 0.25) is 0 Å². The van der Waals surface area contributed by atoms with E-state index in [-0.39, 0.29) is 5.91 Å². The summed E-state index contributed by atoms with van der Waals surface area (Å²) in [4.78, 5) is 21.5. The zero-order valence-electron chi connectivity index (χ0n) is 15.5. The minimum Gasteiger partial charge on any atom is -0.340 e. The number of para-hydroxylation sites is 2. The van der Waals surface area contributed by atoms with Gasteiger partial charge in [-0.05, 0) is 49.6 Å². The Bertz CT molecular complexity index is 939. The van der Waals surface area contributed by atoms with Crippen LogP contribution in [0.5, 0.6) is 0 Å². The summed E-state index contributed by atoms with van der Waals surface area (Å²) in [5, 5.41) is 0. The molecule has 0 saturated heterocycles. The van der Waals surface area contributed by atoms with Crippen LogP contribution in [0.4, 0.5) is 17.1 Å². The fourth-order valence-electron chi connectivity index (χ4n) is 3.70. The van der Waals surface area contributed by atoms with Crippen molar-refractivity contribution in [3.8, 4) is 0 Å². The van der Waals surface area contributed by atoms with Gasteiger partial charge >= 0.3 is 0 Å². The molecule has 1 aromatic heterocycles. The predicted octanol–water partition coefficient (Wildman–Crippen LogP) is 4.83. The van der Waals surface area contributed by atoms with E-state index in [2.05, 4.69) is 34.1 Å². The topological polar surface area (TPSA) is 36.4 Å². The molecule has 1 amide bonds. The van der Waals surface area contributed by atoms with Gasteiger partial charge < -0.3 is 9.80 Å². The van der Waals surface area contributed by atoms with Crippen molar-refractivity contribution in [1.29, 1.82) is 0 Å². The molecule has 4 rings (SSSR count). The monoisotopic (exact) mass is 357 g/mol. The standard InChI is InChI=1S/C23H23N3O/c1-2-25(20-11-4-3-5-12-20)23(27)19-15-21(17-24-16-19)26-14-8-10-18-9-6-7-13-22(18)26/h3-7,9,11-13,15-17H,2,8,10,14H2,1H3. The molecule has 0 spiro atoms. The molecule has 3 aromatic rings. The fraction of sp³-hybridized carbons (Fsp3) is 0.217. The summed E-state index contributed by atoms with van der Waals surface area (Å²) >= 11 is 0. The van der Waals surface area contributed by atoms with E-state index in [4.69, 9.17) is 0 Å². The summed E-state index contributed by atoms with van der Waals surface area (Å²) in [5.41, 5.74) is 5.04. The van der Waals surface area contributed by atoms with Gasteiger partial charge in [0.05, 0.1) is 17.4 Å². The van der Waals surface area contributed by atoms with E-state index in [1.807, 2.05) is 49.5 Å². The Morgan fingerprint density at radius 1 is 1.07 bits per heavy atom. The summed E-state index contributed by atoms with van der Waals surface area (Å²) < 4.78 is 0. The van der Waals surface area contributed by atoms with Gasteiger partial charge in [0.1, 0.15) is 0 Å². The summed E-state index contributed by atoms with van der Waals surface area (Å²) in [6.07, 6.45) is 5.70. The highest BCUT2D eigenvalue weighted by Crippen LogP contribution is 2.33. The molecule has 0 radical (unpaired) electrons. The third-order valence-corrected chi connectivity index (χ3v) is 5.02. The molecule has 0 unspecified atom stereocenters. The molecule has 2 heterocycles. The van der Waals surface area contributed by atoms with Crippen molar-refractivity contribution in [2.24, 2.45) is 0 Å². The van der Waals surface area contributed by atoms with Crippen LogP contribution in [0.15, 0.2) is 73.1 Å². The number of fused-ring (bicyclic) bond motifs is 1. The van der Waals surface area contributed by atoms with Crippen LogP contribution in [0, 0.1) is 0 Å². The Kier molecular flexibility index (Phi) is 4.88. The lowest BCUT2D eigenvalue weighted by Gasteiger charge is -2.31. The number of carbonyl (C=O) groups is 1. The molecular formula is C23H23N3O. The summed E-state index contributed by atoms with van der Waals surface area (Å²) in [6.45, 7) is 3.54. The second-order valence-corrected chi connectivity index (χ2v) is 6.70. The number of hydrogen-bond acceptors (Lipinski definition) is 3. The van der Waals surface area contributed by atoms with Crippen LogP contribution in [0.2, 0.25) is 0 Å². The average Bonchev–Trinajstić information content (AvgIpc) is 2.74. The average molecular weight is 357 g/mol. The van der Waals surface area contributed by atoms with E-state index in [0.717, 1.165) is 30.8 Å². The number of aromatic nitrogens is 1. The van der Waals surface area contributed by atoms with E-state index in [1.54, 1.807) is 11.1 Å². The number of anilines is 3. The number of aryl methyl sites for hydroxylation is 1. The van der Waals surface area contributed by atoms with Gasteiger partial charge in [-0.1, -0.05) is 36.4 Å². The predicted molar refractivity (Wildman–Crippen MR) is 110 cm³/mol. The van der Waals surface area contributed by atoms with Crippen molar-refractivity contribution in [2.75, 3.05) is 22.9 Å². The summed E-state index contributed by atoms with van der Waals surface area (Å²) in [5.74, 6) is -0.0247. The number of pyridine rings is 1. The molecule has 0 saturated carbocycles. The lowest BCUT2D eigenvalue weighted by Crippen LogP contribution is -2.31. The number of hydrogen-bond donors (Lipinski definition) is 0. The fourth-order valence-corrected chi connectivity index (χ4v) is 3.70. The van der Waals surface area contributed by atoms with Gasteiger partial charge in [0.15, 0.2) is 0 Å². The first-order valence-electron chi connectivity index (χ1n) is 9.45. The Morgan fingerprint density at radius 2 is 1.85 bits per heavy atom. The Morgan fingerprint density at radius 3 is 2.67 bits per heavy atom. The smallest absolute Gasteiger partial charge is 0.259 e. The zero-order valence-corrected chi connectivity index (χ0v) is 15.5. The zero-order chi connectivity index (χ0) is 18.6. The second-order valence-electron chi connectivity index (χ2n) is 6.70. The highest BCUT2D eigenvalue weighted by atomic mass is 16.2. The molecule has 136 valence electrons. The molecule has 27 heavy (non-hydrogen) atoms. The third-order valence-electron chi connectivity index (χ3n) is 5.02. The molecule has 2 aromatic carbocycles. The molecule has 0 fully saturated rings. The maximum Gasteiger partial charge on any atom is 0.259 e. The summed E-state index contributed by atoms with van der Waals surface area (Å²) in [7, 11) is 0. The van der Waals surface area contributed by atoms with Crippen molar-refractivity contribution in [1.82, 2.24) is 4.98 Å². The van der Waals surface area contributed by atoms with E-state index >= 15 is 0 Å². The van der Waals surface area contributed by atoms with Gasteiger partial charge in [0.25, 0.3) is 5.91 Å². The van der Waals surface area contributed by atoms with E-state index < -0.39 is 0 Å².